The van der Waals surface area contributed by atoms with Crippen LogP contribution >= 0.6 is 15.9 Å². The quantitative estimate of drug-likeness (QED) is 0.831. The van der Waals surface area contributed by atoms with Gasteiger partial charge in [-0.15, -0.1) is 0 Å². The lowest BCUT2D eigenvalue weighted by atomic mass is 10.1. The molecule has 4 nitrogen and oxygen atoms in total. The first kappa shape index (κ1) is 15.3. The summed E-state index contributed by atoms with van der Waals surface area (Å²) in [4.78, 5) is 12.0. The number of hydrogen-bond acceptors (Lipinski definition) is 3. The molecule has 0 saturated heterocycles. The molecular formula is C15H14BrFN2O2. The van der Waals surface area contributed by atoms with E-state index in [0.717, 1.165) is 5.56 Å². The van der Waals surface area contributed by atoms with E-state index in [9.17, 15) is 9.18 Å². The molecule has 1 amide bonds. The minimum Gasteiger partial charge on any atom is -0.496 e. The number of halogens is 2. The number of benzene rings is 2. The molecule has 2 aromatic rings. The fourth-order valence-corrected chi connectivity index (χ4v) is 2.24. The number of amides is 1. The zero-order valence-electron chi connectivity index (χ0n) is 11.3. The molecule has 0 unspecified atom stereocenters. The van der Waals surface area contributed by atoms with Crippen molar-refractivity contribution in [1.29, 1.82) is 0 Å². The Labute approximate surface area is 130 Å². The number of nitrogens with two attached hydrogens (primary N) is 1. The molecule has 21 heavy (non-hydrogen) atoms. The zero-order chi connectivity index (χ0) is 15.4. The van der Waals surface area contributed by atoms with E-state index >= 15 is 0 Å². The van der Waals surface area contributed by atoms with Crippen LogP contribution in [0.25, 0.3) is 0 Å². The predicted octanol–water partition coefficient (Wildman–Crippen LogP) is 3.11. The lowest BCUT2D eigenvalue weighted by Crippen LogP contribution is -2.24. The van der Waals surface area contributed by atoms with Gasteiger partial charge < -0.3 is 15.8 Å². The van der Waals surface area contributed by atoms with Crippen molar-refractivity contribution in [3.63, 3.8) is 0 Å². The number of anilines is 1. The van der Waals surface area contributed by atoms with Crippen LogP contribution in [0, 0.1) is 5.82 Å². The van der Waals surface area contributed by atoms with Crippen LogP contribution in [0.3, 0.4) is 0 Å². The molecule has 3 N–H and O–H groups in total. The molecule has 2 rings (SSSR count). The zero-order valence-corrected chi connectivity index (χ0v) is 12.9. The van der Waals surface area contributed by atoms with Crippen LogP contribution in [0.2, 0.25) is 0 Å². The molecule has 0 heterocycles. The second-order valence-electron chi connectivity index (χ2n) is 4.38. The van der Waals surface area contributed by atoms with Crippen molar-refractivity contribution in [2.24, 2.45) is 0 Å². The Bertz CT molecular complexity index is 677. The van der Waals surface area contributed by atoms with E-state index in [2.05, 4.69) is 21.2 Å². The number of rotatable bonds is 4. The van der Waals surface area contributed by atoms with Gasteiger partial charge in [-0.3, -0.25) is 4.79 Å². The van der Waals surface area contributed by atoms with Crippen LogP contribution in [0.15, 0.2) is 40.9 Å². The van der Waals surface area contributed by atoms with Crippen LogP contribution in [-0.4, -0.2) is 13.0 Å². The predicted molar refractivity (Wildman–Crippen MR) is 82.7 cm³/mol. The second-order valence-corrected chi connectivity index (χ2v) is 5.29. The third-order valence-electron chi connectivity index (χ3n) is 2.92. The highest BCUT2D eigenvalue weighted by atomic mass is 79.9. The Morgan fingerprint density at radius 1 is 1.33 bits per heavy atom. The fourth-order valence-electron chi connectivity index (χ4n) is 1.88. The molecular weight excluding hydrogens is 339 g/mol. The summed E-state index contributed by atoms with van der Waals surface area (Å²) in [6.45, 7) is 0.193. The van der Waals surface area contributed by atoms with Crippen molar-refractivity contribution in [3.05, 3.63) is 57.8 Å². The molecule has 0 aliphatic carbocycles. The highest BCUT2D eigenvalue weighted by Crippen LogP contribution is 2.21. The number of nitrogen functional groups attached to an aromatic ring is 1. The number of methoxy groups -OCH3 is 1. The van der Waals surface area contributed by atoms with E-state index in [1.165, 1.54) is 25.3 Å². The molecule has 0 fully saturated rings. The van der Waals surface area contributed by atoms with E-state index in [0.29, 0.717) is 15.9 Å². The Morgan fingerprint density at radius 3 is 2.81 bits per heavy atom. The van der Waals surface area contributed by atoms with Gasteiger partial charge in [-0.25, -0.2) is 4.39 Å². The van der Waals surface area contributed by atoms with Crippen molar-refractivity contribution in [1.82, 2.24) is 5.32 Å². The van der Waals surface area contributed by atoms with Gasteiger partial charge in [0.25, 0.3) is 5.91 Å². The third kappa shape index (κ3) is 3.72. The van der Waals surface area contributed by atoms with Gasteiger partial charge in [0, 0.05) is 22.3 Å². The Morgan fingerprint density at radius 2 is 2.10 bits per heavy atom. The van der Waals surface area contributed by atoms with E-state index in [-0.39, 0.29) is 12.1 Å². The number of ether oxygens (including phenoxy) is 1. The lowest BCUT2D eigenvalue weighted by molar-refractivity contribution is 0.0946. The average molecular weight is 353 g/mol. The maximum absolute atomic E-state index is 13.6. The number of nitrogens with one attached hydrogen (secondary N) is 1. The molecule has 0 aromatic heterocycles. The standard InChI is InChI=1S/C15H14BrFN2O2/c1-21-14-5-3-11(18)6-9(14)8-19-15(20)12-7-10(16)2-4-13(12)17/h2-7H,8,18H2,1H3,(H,19,20). The van der Waals surface area contributed by atoms with Crippen LogP contribution < -0.4 is 15.8 Å². The maximum Gasteiger partial charge on any atom is 0.254 e. The van der Waals surface area contributed by atoms with Crippen LogP contribution in [0.5, 0.6) is 5.75 Å². The molecule has 0 aliphatic rings. The highest BCUT2D eigenvalue weighted by Gasteiger charge is 2.13. The van der Waals surface area contributed by atoms with Gasteiger partial charge in [-0.05, 0) is 36.4 Å². The number of carbonyl (C=O) groups excluding carboxylic acids is 1. The van der Waals surface area contributed by atoms with Crippen LogP contribution in [-0.2, 0) is 6.54 Å². The summed E-state index contributed by atoms with van der Waals surface area (Å²) in [5, 5.41) is 2.65. The molecule has 0 bridgehead atoms. The van der Waals surface area contributed by atoms with Gasteiger partial charge in [0.15, 0.2) is 0 Å². The summed E-state index contributed by atoms with van der Waals surface area (Å²) in [5.74, 6) is -0.465. The molecule has 0 spiro atoms. The Hall–Kier alpha value is -2.08. The summed E-state index contributed by atoms with van der Waals surface area (Å²) in [7, 11) is 1.53. The monoisotopic (exact) mass is 352 g/mol. The normalized spacial score (nSPS) is 10.2. The minimum absolute atomic E-state index is 0.0211. The molecule has 0 aliphatic heterocycles. The summed E-state index contributed by atoms with van der Waals surface area (Å²) >= 11 is 3.21. The smallest absolute Gasteiger partial charge is 0.254 e. The van der Waals surface area contributed by atoms with Crippen LogP contribution in [0.1, 0.15) is 15.9 Å². The first-order chi connectivity index (χ1) is 10.0. The fraction of sp³-hybridized carbons (Fsp3) is 0.133. The highest BCUT2D eigenvalue weighted by molar-refractivity contribution is 9.10. The number of hydrogen-bond donors (Lipinski definition) is 2. The second kappa shape index (κ2) is 6.58. The van der Waals surface area contributed by atoms with Gasteiger partial charge in [0.2, 0.25) is 0 Å². The van der Waals surface area contributed by atoms with E-state index < -0.39 is 11.7 Å². The number of carbonyl (C=O) groups is 1. The topological polar surface area (TPSA) is 64.3 Å². The first-order valence-electron chi connectivity index (χ1n) is 6.17. The van der Waals surface area contributed by atoms with E-state index in [4.69, 9.17) is 10.5 Å². The minimum atomic E-state index is -0.574. The third-order valence-corrected chi connectivity index (χ3v) is 3.41. The van der Waals surface area contributed by atoms with Gasteiger partial charge in [0.05, 0.1) is 12.7 Å². The Kier molecular flexibility index (Phi) is 4.80. The lowest BCUT2D eigenvalue weighted by Gasteiger charge is -2.11. The van der Waals surface area contributed by atoms with Gasteiger partial charge >= 0.3 is 0 Å². The van der Waals surface area contributed by atoms with E-state index in [1.807, 2.05) is 0 Å². The summed E-state index contributed by atoms with van der Waals surface area (Å²) in [6.07, 6.45) is 0. The van der Waals surface area contributed by atoms with Crippen molar-refractivity contribution in [3.8, 4) is 5.75 Å². The van der Waals surface area contributed by atoms with Crippen molar-refractivity contribution in [2.45, 2.75) is 6.54 Å². The molecule has 110 valence electrons. The SMILES string of the molecule is COc1ccc(N)cc1CNC(=O)c1cc(Br)ccc1F. The van der Waals surface area contributed by atoms with Gasteiger partial charge in [0.1, 0.15) is 11.6 Å². The van der Waals surface area contributed by atoms with Crippen molar-refractivity contribution in [2.75, 3.05) is 12.8 Å². The molecule has 2 aromatic carbocycles. The van der Waals surface area contributed by atoms with Gasteiger partial charge in [-0.2, -0.15) is 0 Å². The average Bonchev–Trinajstić information content (AvgIpc) is 2.47. The maximum atomic E-state index is 13.6. The Balaban J connectivity index is 2.14. The molecule has 0 radical (unpaired) electrons. The summed E-state index contributed by atoms with van der Waals surface area (Å²) in [6, 6.07) is 9.33. The first-order valence-corrected chi connectivity index (χ1v) is 6.96. The van der Waals surface area contributed by atoms with Crippen molar-refractivity contribution < 1.29 is 13.9 Å². The molecule has 0 atom stereocenters. The van der Waals surface area contributed by atoms with Gasteiger partial charge in [-0.1, -0.05) is 15.9 Å². The van der Waals surface area contributed by atoms with Crippen LogP contribution in [0.4, 0.5) is 10.1 Å². The van der Waals surface area contributed by atoms with Crippen molar-refractivity contribution >= 4 is 27.5 Å². The van der Waals surface area contributed by atoms with E-state index in [1.54, 1.807) is 18.2 Å². The summed E-state index contributed by atoms with van der Waals surface area (Å²) in [5.41, 5.74) is 6.98. The largest absolute Gasteiger partial charge is 0.496 e. The summed E-state index contributed by atoms with van der Waals surface area (Å²) < 4.78 is 19.5. The molecule has 6 heteroatoms. The molecule has 0 saturated carbocycles.